The Morgan fingerprint density at radius 1 is 1.35 bits per heavy atom. The number of carbonyl (C=O) groups excluding carboxylic acids is 2. The topological polar surface area (TPSA) is 132 Å². The molecule has 0 radical (unpaired) electrons. The molecule has 0 aromatic heterocycles. The highest BCUT2D eigenvalue weighted by Crippen LogP contribution is 2.25. The van der Waals surface area contributed by atoms with Crippen molar-refractivity contribution < 1.29 is 28.5 Å². The Labute approximate surface area is 134 Å². The molecule has 1 aliphatic heterocycles. The Morgan fingerprint density at radius 2 is 2.00 bits per heavy atom. The first kappa shape index (κ1) is 19.0. The van der Waals surface area contributed by atoms with E-state index in [9.17, 15) is 9.59 Å². The zero-order valence-electron chi connectivity index (χ0n) is 13.8. The first-order valence-electron chi connectivity index (χ1n) is 7.00. The van der Waals surface area contributed by atoms with Gasteiger partial charge in [0.25, 0.3) is 0 Å². The molecule has 1 N–H and O–H groups in total. The highest BCUT2D eigenvalue weighted by Gasteiger charge is 2.49. The first-order valence-corrected chi connectivity index (χ1v) is 7.00. The van der Waals surface area contributed by atoms with E-state index < -0.39 is 42.0 Å². The average Bonchev–Trinajstić information content (AvgIpc) is 2.79. The van der Waals surface area contributed by atoms with E-state index >= 15 is 0 Å². The summed E-state index contributed by atoms with van der Waals surface area (Å²) in [4.78, 5) is 26.4. The first-order chi connectivity index (χ1) is 10.7. The van der Waals surface area contributed by atoms with Crippen LogP contribution in [0.15, 0.2) is 5.11 Å². The summed E-state index contributed by atoms with van der Waals surface area (Å²) in [5.41, 5.74) is 7.77. The molecule has 1 amide bonds. The highest BCUT2D eigenvalue weighted by atomic mass is 16.6. The Bertz CT molecular complexity index is 485. The van der Waals surface area contributed by atoms with Crippen LogP contribution < -0.4 is 5.32 Å². The van der Waals surface area contributed by atoms with E-state index in [4.69, 9.17) is 19.7 Å². The maximum Gasteiger partial charge on any atom is 0.408 e. The second kappa shape index (κ2) is 8.00. The minimum absolute atomic E-state index is 0.0790. The summed E-state index contributed by atoms with van der Waals surface area (Å²) < 4.78 is 20.6. The number of ether oxygens (including phenoxy) is 4. The molecule has 1 saturated heterocycles. The molecule has 1 fully saturated rings. The molecule has 0 saturated carbocycles. The van der Waals surface area contributed by atoms with Crippen molar-refractivity contribution in [2.75, 3.05) is 20.8 Å². The minimum atomic E-state index is -1.04. The number of esters is 1. The summed E-state index contributed by atoms with van der Waals surface area (Å²) >= 11 is 0. The van der Waals surface area contributed by atoms with E-state index in [2.05, 4.69) is 20.1 Å². The fourth-order valence-electron chi connectivity index (χ4n) is 2.22. The molecule has 0 unspecified atom stereocenters. The lowest BCUT2D eigenvalue weighted by Crippen LogP contribution is -2.51. The number of azide groups is 1. The standard InChI is InChI=1S/C13H22N4O6/c1-13(2,3)23-12(19)16-8-7(6-15-17-14)22-10(9(8)20-4)11(18)21-5/h7-10H,6H2,1-5H3,(H,16,19)/t7-,8-,9-,10-/m1/s1. The van der Waals surface area contributed by atoms with Gasteiger partial charge in [0, 0.05) is 12.0 Å². The van der Waals surface area contributed by atoms with E-state index in [-0.39, 0.29) is 6.54 Å². The Balaban J connectivity index is 2.93. The minimum Gasteiger partial charge on any atom is -0.467 e. The molecule has 1 heterocycles. The van der Waals surface area contributed by atoms with Gasteiger partial charge in [-0.15, -0.1) is 0 Å². The van der Waals surface area contributed by atoms with Crippen molar-refractivity contribution in [3.05, 3.63) is 10.4 Å². The molecule has 10 heteroatoms. The molecule has 0 spiro atoms. The number of hydrogen-bond donors (Lipinski definition) is 1. The lowest BCUT2D eigenvalue weighted by molar-refractivity contribution is -0.157. The maximum absolute atomic E-state index is 12.0. The van der Waals surface area contributed by atoms with E-state index in [1.807, 2.05) is 0 Å². The van der Waals surface area contributed by atoms with Crippen LogP contribution >= 0.6 is 0 Å². The quantitative estimate of drug-likeness (QED) is 0.348. The fraction of sp³-hybridized carbons (Fsp3) is 0.846. The number of nitrogens with zero attached hydrogens (tertiary/aromatic N) is 3. The fourth-order valence-corrected chi connectivity index (χ4v) is 2.22. The second-order valence-electron chi connectivity index (χ2n) is 5.90. The molecule has 10 nitrogen and oxygen atoms in total. The van der Waals surface area contributed by atoms with Gasteiger partial charge in [-0.1, -0.05) is 5.11 Å². The normalized spacial score (nSPS) is 27.0. The lowest BCUT2D eigenvalue weighted by Gasteiger charge is -2.26. The maximum atomic E-state index is 12.0. The van der Waals surface area contributed by atoms with Crippen molar-refractivity contribution in [1.82, 2.24) is 5.32 Å². The Hall–Kier alpha value is -2.03. The number of amides is 1. The molecule has 0 aliphatic carbocycles. The summed E-state index contributed by atoms with van der Waals surface area (Å²) in [7, 11) is 2.60. The van der Waals surface area contributed by atoms with Gasteiger partial charge in [0.2, 0.25) is 0 Å². The monoisotopic (exact) mass is 330 g/mol. The van der Waals surface area contributed by atoms with E-state index in [1.54, 1.807) is 20.8 Å². The average molecular weight is 330 g/mol. The van der Waals surface area contributed by atoms with Crippen LogP contribution in [0.5, 0.6) is 0 Å². The van der Waals surface area contributed by atoms with Crippen LogP contribution in [0.4, 0.5) is 4.79 Å². The summed E-state index contributed by atoms with van der Waals surface area (Å²) in [6.45, 7) is 5.09. The van der Waals surface area contributed by atoms with Crippen molar-refractivity contribution in [3.63, 3.8) is 0 Å². The summed E-state index contributed by atoms with van der Waals surface area (Å²) in [6, 6.07) is -0.732. The molecule has 23 heavy (non-hydrogen) atoms. The van der Waals surface area contributed by atoms with Crippen LogP contribution in [-0.2, 0) is 23.7 Å². The molecule has 130 valence electrons. The van der Waals surface area contributed by atoms with Crippen molar-refractivity contribution in [1.29, 1.82) is 0 Å². The van der Waals surface area contributed by atoms with Crippen LogP contribution in [-0.4, -0.2) is 62.8 Å². The second-order valence-corrected chi connectivity index (χ2v) is 5.90. The van der Waals surface area contributed by atoms with Gasteiger partial charge in [-0.3, -0.25) is 0 Å². The van der Waals surface area contributed by atoms with Crippen molar-refractivity contribution >= 4 is 12.1 Å². The number of alkyl carbamates (subject to hydrolysis) is 1. The van der Waals surface area contributed by atoms with Crippen LogP contribution in [0.1, 0.15) is 20.8 Å². The van der Waals surface area contributed by atoms with Gasteiger partial charge in [0.15, 0.2) is 6.10 Å². The smallest absolute Gasteiger partial charge is 0.408 e. The van der Waals surface area contributed by atoms with Gasteiger partial charge >= 0.3 is 12.1 Å². The number of rotatable bonds is 5. The third-order valence-electron chi connectivity index (χ3n) is 3.09. The number of carbonyl (C=O) groups is 2. The predicted molar refractivity (Wildman–Crippen MR) is 78.6 cm³/mol. The zero-order valence-corrected chi connectivity index (χ0v) is 13.8. The lowest BCUT2D eigenvalue weighted by atomic mass is 10.0. The van der Waals surface area contributed by atoms with Gasteiger partial charge in [-0.05, 0) is 26.3 Å². The van der Waals surface area contributed by atoms with Gasteiger partial charge < -0.3 is 24.3 Å². The van der Waals surface area contributed by atoms with Gasteiger partial charge in [-0.25, -0.2) is 9.59 Å². The summed E-state index contributed by atoms with van der Waals surface area (Å²) in [5, 5.41) is 6.03. The third kappa shape index (κ3) is 5.27. The van der Waals surface area contributed by atoms with Gasteiger partial charge in [0.1, 0.15) is 11.7 Å². The molecule has 4 atom stereocenters. The van der Waals surface area contributed by atoms with E-state index in [0.717, 1.165) is 0 Å². The molecule has 0 bridgehead atoms. The van der Waals surface area contributed by atoms with E-state index in [0.29, 0.717) is 0 Å². The molecule has 1 rings (SSSR count). The van der Waals surface area contributed by atoms with Crippen LogP contribution in [0.3, 0.4) is 0 Å². The molecular formula is C13H22N4O6. The van der Waals surface area contributed by atoms with Gasteiger partial charge in [-0.2, -0.15) is 0 Å². The Kier molecular flexibility index (Phi) is 6.62. The van der Waals surface area contributed by atoms with Crippen molar-refractivity contribution in [2.45, 2.75) is 50.7 Å². The number of methoxy groups -OCH3 is 2. The largest absolute Gasteiger partial charge is 0.467 e. The predicted octanol–water partition coefficient (Wildman–Crippen LogP) is 1.15. The van der Waals surface area contributed by atoms with Crippen LogP contribution in [0, 0.1) is 0 Å². The molecule has 0 aromatic carbocycles. The highest BCUT2D eigenvalue weighted by molar-refractivity contribution is 5.76. The van der Waals surface area contributed by atoms with Crippen LogP contribution in [0.25, 0.3) is 10.4 Å². The molecular weight excluding hydrogens is 308 g/mol. The number of nitrogens with one attached hydrogen (secondary N) is 1. The number of hydrogen-bond acceptors (Lipinski definition) is 7. The van der Waals surface area contributed by atoms with E-state index in [1.165, 1.54) is 14.2 Å². The Morgan fingerprint density at radius 3 is 2.48 bits per heavy atom. The third-order valence-corrected chi connectivity index (χ3v) is 3.09. The summed E-state index contributed by atoms with van der Waals surface area (Å²) in [5.74, 6) is -0.642. The molecule has 0 aromatic rings. The van der Waals surface area contributed by atoms with Crippen LogP contribution in [0.2, 0.25) is 0 Å². The van der Waals surface area contributed by atoms with Crippen molar-refractivity contribution in [2.24, 2.45) is 5.11 Å². The summed E-state index contributed by atoms with van der Waals surface area (Å²) in [6.07, 6.45) is -3.27. The van der Waals surface area contributed by atoms with Gasteiger partial charge in [0.05, 0.1) is 25.8 Å². The SMILES string of the molecule is COC(=O)[C@@H]1O[C@H](CN=[N+]=[N-])[C@@H](NC(=O)OC(C)(C)C)[C@H]1OC. The van der Waals surface area contributed by atoms with Crippen molar-refractivity contribution in [3.8, 4) is 0 Å². The molecule has 1 aliphatic rings. The zero-order chi connectivity index (χ0) is 17.6.